The van der Waals surface area contributed by atoms with Crippen LogP contribution in [0.2, 0.25) is 0 Å². The van der Waals surface area contributed by atoms with E-state index in [0.29, 0.717) is 5.92 Å². The third-order valence-electron chi connectivity index (χ3n) is 5.39. The zero-order valence-electron chi connectivity index (χ0n) is 15.0. The molecule has 1 fully saturated rings. The van der Waals surface area contributed by atoms with Gasteiger partial charge in [-0.05, 0) is 72.8 Å². The first-order valence-electron chi connectivity index (χ1n) is 9.29. The van der Waals surface area contributed by atoms with Gasteiger partial charge in [0.05, 0.1) is 5.56 Å². The second kappa shape index (κ2) is 8.63. The summed E-state index contributed by atoms with van der Waals surface area (Å²) < 4.78 is 13.8. The molecule has 0 heterocycles. The Morgan fingerprint density at radius 2 is 1.73 bits per heavy atom. The normalized spacial score (nSPS) is 20.0. The highest BCUT2D eigenvalue weighted by atomic mass is 19.1. The molecule has 26 heavy (non-hydrogen) atoms. The molecule has 1 saturated carbocycles. The molecule has 0 spiro atoms. The lowest BCUT2D eigenvalue weighted by Crippen LogP contribution is -2.12. The Kier molecular flexibility index (Phi) is 6.02. The van der Waals surface area contributed by atoms with Crippen LogP contribution in [-0.2, 0) is 0 Å². The molecule has 0 saturated heterocycles. The predicted octanol–water partition coefficient (Wildman–Crippen LogP) is 6.77. The molecule has 2 aromatic rings. The van der Waals surface area contributed by atoms with Gasteiger partial charge in [0.25, 0.3) is 0 Å². The highest BCUT2D eigenvalue weighted by molar-refractivity contribution is 5.64. The van der Waals surface area contributed by atoms with Crippen molar-refractivity contribution in [1.82, 2.24) is 0 Å². The van der Waals surface area contributed by atoms with Crippen LogP contribution in [0.25, 0.3) is 11.1 Å². The number of nitrogens with zero attached hydrogens (tertiary/aromatic N) is 1. The van der Waals surface area contributed by atoms with Gasteiger partial charge in [0.1, 0.15) is 11.9 Å². The van der Waals surface area contributed by atoms with E-state index in [4.69, 9.17) is 5.26 Å². The summed E-state index contributed by atoms with van der Waals surface area (Å²) in [5, 5.41) is 8.84. The predicted molar refractivity (Wildman–Crippen MR) is 105 cm³/mol. The number of benzene rings is 2. The van der Waals surface area contributed by atoms with Crippen LogP contribution >= 0.6 is 0 Å². The first-order valence-corrected chi connectivity index (χ1v) is 9.29. The van der Waals surface area contributed by atoms with Gasteiger partial charge in [-0.1, -0.05) is 55.1 Å². The van der Waals surface area contributed by atoms with Crippen LogP contribution in [0.3, 0.4) is 0 Å². The number of allylic oxidation sites excluding steroid dienone is 3. The second-order valence-electron chi connectivity index (χ2n) is 7.05. The molecule has 0 aliphatic heterocycles. The summed E-state index contributed by atoms with van der Waals surface area (Å²) in [7, 11) is 0. The van der Waals surface area contributed by atoms with Crippen molar-refractivity contribution in [2.45, 2.75) is 38.0 Å². The van der Waals surface area contributed by atoms with Gasteiger partial charge in [-0.3, -0.25) is 0 Å². The Morgan fingerprint density at radius 1 is 1.04 bits per heavy atom. The fourth-order valence-corrected chi connectivity index (χ4v) is 3.83. The fraction of sp³-hybridized carbons (Fsp3) is 0.292. The molecule has 3 rings (SSSR count). The highest BCUT2D eigenvalue weighted by Crippen LogP contribution is 2.37. The van der Waals surface area contributed by atoms with E-state index in [0.717, 1.165) is 23.5 Å². The van der Waals surface area contributed by atoms with Crippen molar-refractivity contribution in [2.24, 2.45) is 5.92 Å². The maximum atomic E-state index is 13.8. The smallest absolute Gasteiger partial charge is 0.141 e. The molecule has 0 radical (unpaired) electrons. The van der Waals surface area contributed by atoms with Gasteiger partial charge >= 0.3 is 0 Å². The largest absolute Gasteiger partial charge is 0.206 e. The summed E-state index contributed by atoms with van der Waals surface area (Å²) >= 11 is 0. The fourth-order valence-electron chi connectivity index (χ4n) is 3.83. The maximum absolute atomic E-state index is 13.8. The van der Waals surface area contributed by atoms with Gasteiger partial charge in [0.15, 0.2) is 0 Å². The molecule has 0 amide bonds. The number of hydrogen-bond acceptors (Lipinski definition) is 1. The molecule has 0 aromatic heterocycles. The zero-order chi connectivity index (χ0) is 18.4. The van der Waals surface area contributed by atoms with Crippen LogP contribution in [0.1, 0.15) is 49.1 Å². The van der Waals surface area contributed by atoms with Crippen LogP contribution in [0.4, 0.5) is 4.39 Å². The average Bonchev–Trinajstić information content (AvgIpc) is 2.69. The van der Waals surface area contributed by atoms with Crippen molar-refractivity contribution in [3.63, 3.8) is 0 Å². The van der Waals surface area contributed by atoms with E-state index < -0.39 is 5.82 Å². The Morgan fingerprint density at radius 3 is 2.35 bits per heavy atom. The number of rotatable bonds is 5. The van der Waals surface area contributed by atoms with E-state index in [9.17, 15) is 4.39 Å². The molecule has 0 atom stereocenters. The van der Waals surface area contributed by atoms with Crippen LogP contribution in [0.5, 0.6) is 0 Å². The van der Waals surface area contributed by atoms with Crippen LogP contribution in [0, 0.1) is 23.1 Å². The average molecular weight is 345 g/mol. The summed E-state index contributed by atoms with van der Waals surface area (Å²) in [6.07, 6.45) is 12.3. The molecule has 0 bridgehead atoms. The molecule has 132 valence electrons. The third kappa shape index (κ3) is 4.29. The Hall–Kier alpha value is -2.66. The van der Waals surface area contributed by atoms with Crippen LogP contribution in [-0.4, -0.2) is 0 Å². The summed E-state index contributed by atoms with van der Waals surface area (Å²) in [4.78, 5) is 0. The molecular weight excluding hydrogens is 321 g/mol. The Bertz CT molecular complexity index is 818. The van der Waals surface area contributed by atoms with E-state index in [-0.39, 0.29) is 5.56 Å². The molecular formula is C24H24FN. The van der Waals surface area contributed by atoms with Gasteiger partial charge in [0.2, 0.25) is 0 Å². The topological polar surface area (TPSA) is 23.8 Å². The van der Waals surface area contributed by atoms with E-state index in [1.807, 2.05) is 18.2 Å². The van der Waals surface area contributed by atoms with Crippen LogP contribution < -0.4 is 0 Å². The van der Waals surface area contributed by atoms with Crippen molar-refractivity contribution in [3.8, 4) is 17.2 Å². The van der Waals surface area contributed by atoms with Crippen molar-refractivity contribution in [1.29, 1.82) is 5.26 Å². The number of nitriles is 1. The van der Waals surface area contributed by atoms with Gasteiger partial charge in [-0.2, -0.15) is 5.26 Å². The second-order valence-corrected chi connectivity index (χ2v) is 7.05. The molecule has 2 heteroatoms. The van der Waals surface area contributed by atoms with Gasteiger partial charge in [-0.15, -0.1) is 0 Å². The van der Waals surface area contributed by atoms with Gasteiger partial charge in [-0.25, -0.2) is 4.39 Å². The first-order chi connectivity index (χ1) is 12.7. The van der Waals surface area contributed by atoms with Crippen molar-refractivity contribution in [3.05, 3.63) is 84.2 Å². The summed E-state index contributed by atoms with van der Waals surface area (Å²) in [5.41, 5.74) is 3.26. The number of hydrogen-bond donors (Lipinski definition) is 0. The lowest BCUT2D eigenvalue weighted by molar-refractivity contribution is 0.328. The summed E-state index contributed by atoms with van der Waals surface area (Å²) in [6.45, 7) is 3.72. The zero-order valence-corrected chi connectivity index (χ0v) is 15.0. The lowest BCUT2D eigenvalue weighted by Gasteiger charge is -2.28. The monoisotopic (exact) mass is 345 g/mol. The lowest BCUT2D eigenvalue weighted by atomic mass is 9.77. The molecule has 2 aromatic carbocycles. The standard InChI is InChI=1S/C24H24FN/c1-2-3-4-5-18-6-8-19(9-7-18)20-10-12-21(13-11-20)22-14-15-23(17-26)24(25)16-22/h2-4,10-16,18-19H,1,5-9H2/b4-3-. The molecule has 1 aliphatic rings. The molecule has 1 aliphatic carbocycles. The molecule has 1 nitrogen and oxygen atoms in total. The van der Waals surface area contributed by atoms with E-state index in [1.54, 1.807) is 12.1 Å². The Labute approximate surface area is 155 Å². The third-order valence-corrected chi connectivity index (χ3v) is 5.39. The van der Waals surface area contributed by atoms with E-state index in [2.05, 4.69) is 36.9 Å². The van der Waals surface area contributed by atoms with Crippen molar-refractivity contribution in [2.75, 3.05) is 0 Å². The first kappa shape index (κ1) is 18.1. The highest BCUT2D eigenvalue weighted by Gasteiger charge is 2.21. The van der Waals surface area contributed by atoms with Crippen molar-refractivity contribution >= 4 is 0 Å². The van der Waals surface area contributed by atoms with Crippen LogP contribution in [0.15, 0.2) is 67.3 Å². The minimum Gasteiger partial charge on any atom is -0.206 e. The van der Waals surface area contributed by atoms with Crippen molar-refractivity contribution < 1.29 is 4.39 Å². The molecule has 0 unspecified atom stereocenters. The molecule has 0 N–H and O–H groups in total. The maximum Gasteiger partial charge on any atom is 0.141 e. The summed E-state index contributed by atoms with van der Waals surface area (Å²) in [6, 6.07) is 15.1. The van der Waals surface area contributed by atoms with E-state index >= 15 is 0 Å². The summed E-state index contributed by atoms with van der Waals surface area (Å²) in [5.74, 6) is 0.961. The SMILES string of the molecule is C=C/C=C\CC1CCC(c2ccc(-c3ccc(C#N)c(F)c3)cc2)CC1. The van der Waals surface area contributed by atoms with Gasteiger partial charge in [0, 0.05) is 0 Å². The Balaban J connectivity index is 1.63. The van der Waals surface area contributed by atoms with Gasteiger partial charge < -0.3 is 0 Å². The minimum atomic E-state index is -0.460. The quantitative estimate of drug-likeness (QED) is 0.548. The van der Waals surface area contributed by atoms with E-state index in [1.165, 1.54) is 37.3 Å². The minimum absolute atomic E-state index is 0.0880. The number of halogens is 1.